The summed E-state index contributed by atoms with van der Waals surface area (Å²) in [7, 11) is 0. The van der Waals surface area contributed by atoms with Gasteiger partial charge in [0.05, 0.1) is 12.1 Å². The quantitative estimate of drug-likeness (QED) is 0.680. The minimum absolute atomic E-state index is 0.0918. The molecule has 1 N–H and O–H groups in total. The molecule has 2 heterocycles. The van der Waals surface area contributed by atoms with E-state index >= 15 is 0 Å². The van der Waals surface area contributed by atoms with E-state index in [4.69, 9.17) is 14.0 Å². The molecule has 3 aromatic rings. The van der Waals surface area contributed by atoms with Gasteiger partial charge in [0.25, 0.3) is 0 Å². The summed E-state index contributed by atoms with van der Waals surface area (Å²) in [5, 5.41) is 6.43. The summed E-state index contributed by atoms with van der Waals surface area (Å²) in [5.41, 5.74) is 1.28. The molecular formula is C20H14F2N2O4. The second kappa shape index (κ2) is 7.51. The first kappa shape index (κ1) is 17.7. The number of carbonyl (C=O) groups is 1. The molecule has 0 aliphatic carbocycles. The first-order valence-corrected chi connectivity index (χ1v) is 8.35. The highest BCUT2D eigenvalue weighted by molar-refractivity contribution is 5.91. The van der Waals surface area contributed by atoms with Gasteiger partial charge >= 0.3 is 0 Å². The van der Waals surface area contributed by atoms with Gasteiger partial charge in [-0.25, -0.2) is 8.78 Å². The predicted molar refractivity (Wildman–Crippen MR) is 95.3 cm³/mol. The first-order valence-electron chi connectivity index (χ1n) is 8.35. The van der Waals surface area contributed by atoms with Crippen LogP contribution in [0.2, 0.25) is 0 Å². The lowest BCUT2D eigenvalue weighted by atomic mass is 10.1. The zero-order chi connectivity index (χ0) is 19.5. The van der Waals surface area contributed by atoms with Crippen LogP contribution in [-0.4, -0.2) is 17.9 Å². The molecule has 28 heavy (non-hydrogen) atoms. The average Bonchev–Trinajstić information content (AvgIpc) is 3.33. The smallest absolute Gasteiger partial charge is 0.244 e. The van der Waals surface area contributed by atoms with Gasteiger partial charge in [-0.2, -0.15) is 0 Å². The second-order valence-corrected chi connectivity index (χ2v) is 5.97. The Labute approximate surface area is 158 Å². The first-order chi connectivity index (χ1) is 13.6. The van der Waals surface area contributed by atoms with Gasteiger partial charge < -0.3 is 19.3 Å². The van der Waals surface area contributed by atoms with Crippen LogP contribution in [0.25, 0.3) is 17.4 Å². The highest BCUT2D eigenvalue weighted by Gasteiger charge is 2.13. The van der Waals surface area contributed by atoms with E-state index < -0.39 is 11.6 Å². The van der Waals surface area contributed by atoms with E-state index in [2.05, 4.69) is 10.5 Å². The molecule has 1 aromatic heterocycles. The number of rotatable bonds is 5. The Balaban J connectivity index is 1.35. The molecule has 0 atom stereocenters. The standard InChI is InChI=1S/C20H14F2N2O4/c21-13-3-4-15(16(22)8-13)18-9-14(24-28-18)10-23-20(25)6-2-12-1-5-17-19(7-12)27-11-26-17/h1-9H,10-11H2,(H,23,25)/b6-2-. The average molecular weight is 384 g/mol. The fraction of sp³-hybridized carbons (Fsp3) is 0.100. The maximum Gasteiger partial charge on any atom is 0.244 e. The van der Waals surface area contributed by atoms with E-state index in [1.807, 2.05) is 0 Å². The minimum atomic E-state index is -0.751. The number of nitrogens with zero attached hydrogens (tertiary/aromatic N) is 1. The zero-order valence-corrected chi connectivity index (χ0v) is 14.4. The lowest BCUT2D eigenvalue weighted by Crippen LogP contribution is -2.20. The van der Waals surface area contributed by atoms with Crippen molar-refractivity contribution in [2.24, 2.45) is 0 Å². The van der Waals surface area contributed by atoms with Crippen LogP contribution in [0.5, 0.6) is 11.5 Å². The highest BCUT2D eigenvalue weighted by atomic mass is 19.1. The van der Waals surface area contributed by atoms with Crippen LogP contribution in [0.4, 0.5) is 8.78 Å². The maximum atomic E-state index is 13.8. The molecule has 0 saturated heterocycles. The van der Waals surface area contributed by atoms with Gasteiger partial charge in [0, 0.05) is 18.2 Å². The molecule has 1 amide bonds. The molecule has 0 saturated carbocycles. The van der Waals surface area contributed by atoms with E-state index in [-0.39, 0.29) is 30.6 Å². The highest BCUT2D eigenvalue weighted by Crippen LogP contribution is 2.32. The van der Waals surface area contributed by atoms with Crippen molar-refractivity contribution in [2.45, 2.75) is 6.54 Å². The molecule has 1 aliphatic rings. The minimum Gasteiger partial charge on any atom is -0.454 e. The molecular weight excluding hydrogens is 370 g/mol. The number of fused-ring (bicyclic) bond motifs is 1. The summed E-state index contributed by atoms with van der Waals surface area (Å²) in [4.78, 5) is 12.0. The van der Waals surface area contributed by atoms with Crippen molar-refractivity contribution in [3.8, 4) is 22.8 Å². The summed E-state index contributed by atoms with van der Waals surface area (Å²) in [5.74, 6) is -0.319. The van der Waals surface area contributed by atoms with Gasteiger partial charge in [-0.1, -0.05) is 11.2 Å². The third kappa shape index (κ3) is 3.85. The van der Waals surface area contributed by atoms with E-state index in [9.17, 15) is 13.6 Å². The number of hydrogen-bond donors (Lipinski definition) is 1. The Morgan fingerprint density at radius 2 is 1.96 bits per heavy atom. The monoisotopic (exact) mass is 384 g/mol. The summed E-state index contributed by atoms with van der Waals surface area (Å²) in [6.45, 7) is 0.279. The Morgan fingerprint density at radius 3 is 2.82 bits per heavy atom. The summed E-state index contributed by atoms with van der Waals surface area (Å²) in [6, 6.07) is 9.99. The van der Waals surface area contributed by atoms with Crippen molar-refractivity contribution >= 4 is 12.0 Å². The van der Waals surface area contributed by atoms with Crippen LogP contribution in [0.15, 0.2) is 53.1 Å². The molecule has 8 heteroatoms. The Bertz CT molecular complexity index is 1060. The SMILES string of the molecule is O=C(/C=C\c1ccc2c(c1)OCO2)NCc1cc(-c2ccc(F)cc2F)on1. The third-order valence-corrected chi connectivity index (χ3v) is 4.02. The van der Waals surface area contributed by atoms with E-state index in [1.54, 1.807) is 24.3 Å². The van der Waals surface area contributed by atoms with Crippen molar-refractivity contribution in [2.75, 3.05) is 6.79 Å². The number of carbonyl (C=O) groups excluding carboxylic acids is 1. The van der Waals surface area contributed by atoms with Crippen LogP contribution < -0.4 is 14.8 Å². The number of ether oxygens (including phenoxy) is 2. The molecule has 6 nitrogen and oxygen atoms in total. The van der Waals surface area contributed by atoms with Gasteiger partial charge in [-0.15, -0.1) is 0 Å². The number of amides is 1. The van der Waals surface area contributed by atoms with Gasteiger partial charge in [-0.3, -0.25) is 4.79 Å². The van der Waals surface area contributed by atoms with Crippen LogP contribution >= 0.6 is 0 Å². The van der Waals surface area contributed by atoms with E-state index in [0.717, 1.165) is 17.7 Å². The number of halogens is 2. The van der Waals surface area contributed by atoms with Crippen LogP contribution in [0.3, 0.4) is 0 Å². The Hall–Kier alpha value is -3.68. The van der Waals surface area contributed by atoms with Crippen molar-refractivity contribution in [3.63, 3.8) is 0 Å². The lowest BCUT2D eigenvalue weighted by molar-refractivity contribution is -0.116. The van der Waals surface area contributed by atoms with Gasteiger partial charge in [0.15, 0.2) is 17.3 Å². The molecule has 0 bridgehead atoms. The van der Waals surface area contributed by atoms with Crippen LogP contribution in [0.1, 0.15) is 11.3 Å². The Morgan fingerprint density at radius 1 is 1.11 bits per heavy atom. The molecule has 4 rings (SSSR count). The molecule has 2 aromatic carbocycles. The molecule has 1 aliphatic heterocycles. The molecule has 142 valence electrons. The lowest BCUT2D eigenvalue weighted by Gasteiger charge is -1.99. The number of aromatic nitrogens is 1. The summed E-state index contributed by atoms with van der Waals surface area (Å²) in [6.07, 6.45) is 3.01. The maximum absolute atomic E-state index is 13.8. The van der Waals surface area contributed by atoms with Gasteiger partial charge in [0.2, 0.25) is 12.7 Å². The summed E-state index contributed by atoms with van der Waals surface area (Å²) < 4.78 is 42.3. The summed E-state index contributed by atoms with van der Waals surface area (Å²) >= 11 is 0. The largest absolute Gasteiger partial charge is 0.454 e. The van der Waals surface area contributed by atoms with Crippen molar-refractivity contribution in [1.29, 1.82) is 0 Å². The second-order valence-electron chi connectivity index (χ2n) is 5.97. The predicted octanol–water partition coefficient (Wildman–Crippen LogP) is 3.68. The van der Waals surface area contributed by atoms with E-state index in [1.165, 1.54) is 18.2 Å². The molecule has 0 fully saturated rings. The fourth-order valence-electron chi connectivity index (χ4n) is 2.64. The fourth-order valence-corrected chi connectivity index (χ4v) is 2.64. The molecule has 0 radical (unpaired) electrons. The Kier molecular flexibility index (Phi) is 4.76. The number of nitrogens with one attached hydrogen (secondary N) is 1. The topological polar surface area (TPSA) is 73.6 Å². The van der Waals surface area contributed by atoms with Crippen LogP contribution in [0, 0.1) is 11.6 Å². The number of hydrogen-bond acceptors (Lipinski definition) is 5. The molecule has 0 unspecified atom stereocenters. The van der Waals surface area contributed by atoms with Crippen molar-refractivity contribution in [3.05, 3.63) is 71.4 Å². The van der Waals surface area contributed by atoms with Crippen molar-refractivity contribution in [1.82, 2.24) is 10.5 Å². The molecule has 0 spiro atoms. The number of benzene rings is 2. The van der Waals surface area contributed by atoms with Gasteiger partial charge in [-0.05, 0) is 35.9 Å². The van der Waals surface area contributed by atoms with E-state index in [0.29, 0.717) is 17.2 Å². The normalized spacial score (nSPS) is 12.5. The van der Waals surface area contributed by atoms with Crippen LogP contribution in [-0.2, 0) is 11.3 Å². The van der Waals surface area contributed by atoms with Crippen molar-refractivity contribution < 1.29 is 27.6 Å². The zero-order valence-electron chi connectivity index (χ0n) is 14.4. The van der Waals surface area contributed by atoms with Gasteiger partial charge in [0.1, 0.15) is 17.3 Å². The third-order valence-electron chi connectivity index (χ3n) is 4.02.